The fourth-order valence-corrected chi connectivity index (χ4v) is 6.49. The predicted molar refractivity (Wildman–Crippen MR) is 133 cm³/mol. The van der Waals surface area contributed by atoms with Gasteiger partial charge in [-0.25, -0.2) is 0 Å². The average Bonchev–Trinajstić information content (AvgIpc) is 3.12. The third-order valence-electron chi connectivity index (χ3n) is 8.20. The van der Waals surface area contributed by atoms with Gasteiger partial charge in [-0.05, 0) is 36.5 Å². The summed E-state index contributed by atoms with van der Waals surface area (Å²) in [7, 11) is 0. The van der Waals surface area contributed by atoms with Crippen LogP contribution < -0.4 is 0 Å². The average molecular weight is 454 g/mol. The van der Waals surface area contributed by atoms with E-state index in [1.807, 2.05) is 42.5 Å². The summed E-state index contributed by atoms with van der Waals surface area (Å²) in [6.45, 7) is 4.32. The van der Waals surface area contributed by atoms with Crippen molar-refractivity contribution >= 4 is 22.5 Å². The topological polar surface area (TPSA) is 53.5 Å². The van der Waals surface area contributed by atoms with Gasteiger partial charge in [0.25, 0.3) is 0 Å². The number of hydrogen-bond donors (Lipinski definition) is 0. The highest BCUT2D eigenvalue weighted by Gasteiger charge is 2.58. The highest BCUT2D eigenvalue weighted by atomic mass is 16.2. The number of nitrogens with zero attached hydrogens (tertiary/aromatic N) is 3. The number of hydrogen-bond acceptors (Lipinski definition) is 5. The lowest BCUT2D eigenvalue weighted by Gasteiger charge is -2.45. The molecule has 3 aromatic rings. The minimum atomic E-state index is -1.32. The first-order chi connectivity index (χ1) is 16.7. The lowest BCUT2D eigenvalue weighted by Crippen LogP contribution is -2.60. The molecule has 0 unspecified atom stereocenters. The van der Waals surface area contributed by atoms with Crippen molar-refractivity contribution in [2.24, 2.45) is 5.92 Å². The molecule has 0 N–H and O–H groups in total. The summed E-state index contributed by atoms with van der Waals surface area (Å²) >= 11 is 0. The van der Waals surface area contributed by atoms with Gasteiger partial charge in [0.05, 0.1) is 5.52 Å². The molecule has 1 aliphatic heterocycles. The largest absolute Gasteiger partial charge is 0.301 e. The molecule has 0 amide bonds. The van der Waals surface area contributed by atoms with E-state index in [0.717, 1.165) is 42.0 Å². The number of Topliss-reactive ketones (excluding diaryl/α,β-unsaturated/α-hetero) is 2. The van der Waals surface area contributed by atoms with Crippen LogP contribution >= 0.6 is 0 Å². The zero-order valence-corrected chi connectivity index (χ0v) is 19.6. The molecule has 0 atom stereocenters. The van der Waals surface area contributed by atoms with Crippen molar-refractivity contribution in [3.8, 4) is 0 Å². The summed E-state index contributed by atoms with van der Waals surface area (Å²) < 4.78 is 0. The maximum absolute atomic E-state index is 14.2. The first-order valence-electron chi connectivity index (χ1n) is 12.7. The molecule has 2 heterocycles. The van der Waals surface area contributed by atoms with Crippen molar-refractivity contribution in [2.45, 2.75) is 37.6 Å². The molecule has 2 aromatic carbocycles. The van der Waals surface area contributed by atoms with E-state index in [-0.39, 0.29) is 11.6 Å². The normalized spacial score (nSPS) is 21.8. The third-order valence-corrected chi connectivity index (χ3v) is 8.20. The molecule has 0 bridgehead atoms. The van der Waals surface area contributed by atoms with E-state index in [1.165, 1.54) is 32.1 Å². The van der Waals surface area contributed by atoms with E-state index in [9.17, 15) is 9.59 Å². The Morgan fingerprint density at radius 2 is 1.44 bits per heavy atom. The highest BCUT2D eigenvalue weighted by Crippen LogP contribution is 2.45. The maximum atomic E-state index is 14.2. The lowest BCUT2D eigenvalue weighted by molar-refractivity contribution is 0.0260. The van der Waals surface area contributed by atoms with Crippen molar-refractivity contribution in [1.82, 2.24) is 14.8 Å². The second-order valence-corrected chi connectivity index (χ2v) is 10.1. The molecule has 1 saturated heterocycles. The zero-order valence-electron chi connectivity index (χ0n) is 19.6. The Hall–Kier alpha value is -2.89. The van der Waals surface area contributed by atoms with E-state index < -0.39 is 5.54 Å². The summed E-state index contributed by atoms with van der Waals surface area (Å²) in [5.74, 6) is 0.604. The quantitative estimate of drug-likeness (QED) is 0.536. The van der Waals surface area contributed by atoms with Crippen LogP contribution in [0, 0.1) is 5.92 Å². The Labute approximate surface area is 200 Å². The standard InChI is InChI=1S/C29H31N3O2/c33-27-22-10-4-5-11-23(22)28(34)29(27,25-14-15-30-26-13-7-6-12-24(25)26)32-18-16-31(17-19-32)20-21-8-2-1-3-9-21/h4-7,10-15,21H,1-3,8-9,16-20H2. The fraction of sp³-hybridized carbons (Fsp3) is 0.414. The Morgan fingerprint density at radius 3 is 2.15 bits per heavy atom. The van der Waals surface area contributed by atoms with Gasteiger partial charge in [0.2, 0.25) is 0 Å². The van der Waals surface area contributed by atoms with E-state index in [1.54, 1.807) is 18.3 Å². The van der Waals surface area contributed by atoms with Gasteiger partial charge in [0.15, 0.2) is 17.1 Å². The maximum Gasteiger partial charge on any atom is 0.196 e. The van der Waals surface area contributed by atoms with Crippen molar-refractivity contribution < 1.29 is 9.59 Å². The van der Waals surface area contributed by atoms with E-state index in [0.29, 0.717) is 24.2 Å². The summed E-state index contributed by atoms with van der Waals surface area (Å²) in [6, 6.07) is 17.1. The van der Waals surface area contributed by atoms with E-state index in [4.69, 9.17) is 0 Å². The summed E-state index contributed by atoms with van der Waals surface area (Å²) in [5.41, 5.74) is 1.34. The Kier molecular flexibility index (Phi) is 5.54. The number of rotatable bonds is 4. The number of pyridine rings is 1. The minimum absolute atomic E-state index is 0.0924. The Morgan fingerprint density at radius 1 is 0.794 bits per heavy atom. The molecule has 1 saturated carbocycles. The van der Waals surface area contributed by atoms with Crippen molar-refractivity contribution in [2.75, 3.05) is 32.7 Å². The Balaban J connectivity index is 1.39. The van der Waals surface area contributed by atoms with Crippen LogP contribution in [0.3, 0.4) is 0 Å². The Bertz CT molecular complexity index is 1200. The number of piperazine rings is 1. The summed E-state index contributed by atoms with van der Waals surface area (Å²) in [4.78, 5) is 37.6. The van der Waals surface area contributed by atoms with Crippen LogP contribution in [0.5, 0.6) is 0 Å². The number of ketones is 2. The monoisotopic (exact) mass is 453 g/mol. The number of benzene rings is 2. The number of aromatic nitrogens is 1. The molecule has 3 aliphatic rings. The minimum Gasteiger partial charge on any atom is -0.301 e. The molecule has 0 radical (unpaired) electrons. The smallest absolute Gasteiger partial charge is 0.196 e. The zero-order chi connectivity index (χ0) is 23.1. The van der Waals surface area contributed by atoms with Gasteiger partial charge >= 0.3 is 0 Å². The first kappa shape index (κ1) is 21.6. The number of para-hydroxylation sites is 1. The molecule has 5 nitrogen and oxygen atoms in total. The van der Waals surface area contributed by atoms with Crippen LogP contribution in [0.2, 0.25) is 0 Å². The van der Waals surface area contributed by atoms with Crippen LogP contribution in [-0.4, -0.2) is 59.1 Å². The van der Waals surface area contributed by atoms with Crippen molar-refractivity contribution in [3.63, 3.8) is 0 Å². The second kappa shape index (κ2) is 8.71. The number of carbonyl (C=O) groups is 2. The molecule has 5 heteroatoms. The van der Waals surface area contributed by atoms with E-state index >= 15 is 0 Å². The lowest BCUT2D eigenvalue weighted by atomic mass is 9.80. The van der Waals surface area contributed by atoms with Gasteiger partial charge in [0, 0.05) is 55.4 Å². The fourth-order valence-electron chi connectivity index (χ4n) is 6.49. The third kappa shape index (κ3) is 3.33. The van der Waals surface area contributed by atoms with Crippen molar-refractivity contribution in [3.05, 3.63) is 77.5 Å². The SMILES string of the molecule is O=C1c2ccccc2C(=O)C1(c1ccnc2ccccc12)N1CCN(CC2CCCCC2)CC1. The first-order valence-corrected chi connectivity index (χ1v) is 12.7. The summed E-state index contributed by atoms with van der Waals surface area (Å²) in [6.07, 6.45) is 8.48. The molecule has 2 fully saturated rings. The molecule has 34 heavy (non-hydrogen) atoms. The van der Waals surface area contributed by atoms with Gasteiger partial charge in [-0.3, -0.25) is 19.5 Å². The van der Waals surface area contributed by atoms with Gasteiger partial charge < -0.3 is 4.90 Å². The molecule has 2 aliphatic carbocycles. The van der Waals surface area contributed by atoms with Crippen LogP contribution in [0.4, 0.5) is 0 Å². The van der Waals surface area contributed by atoms with Crippen LogP contribution in [0.15, 0.2) is 60.8 Å². The molecule has 0 spiro atoms. The van der Waals surface area contributed by atoms with Crippen LogP contribution in [-0.2, 0) is 5.54 Å². The van der Waals surface area contributed by atoms with Gasteiger partial charge in [-0.2, -0.15) is 0 Å². The van der Waals surface area contributed by atoms with Crippen LogP contribution in [0.1, 0.15) is 58.4 Å². The molecular formula is C29H31N3O2. The second-order valence-electron chi connectivity index (χ2n) is 10.1. The molecule has 174 valence electrons. The number of carbonyl (C=O) groups excluding carboxylic acids is 2. The van der Waals surface area contributed by atoms with Crippen molar-refractivity contribution in [1.29, 1.82) is 0 Å². The van der Waals surface area contributed by atoms with Gasteiger partial charge in [0.1, 0.15) is 0 Å². The number of fused-ring (bicyclic) bond motifs is 2. The summed E-state index contributed by atoms with van der Waals surface area (Å²) in [5, 5.41) is 0.879. The molecular weight excluding hydrogens is 422 g/mol. The highest BCUT2D eigenvalue weighted by molar-refractivity contribution is 6.33. The predicted octanol–water partition coefficient (Wildman–Crippen LogP) is 4.71. The van der Waals surface area contributed by atoms with Gasteiger partial charge in [-0.1, -0.05) is 61.7 Å². The molecule has 6 rings (SSSR count). The van der Waals surface area contributed by atoms with Gasteiger partial charge in [-0.15, -0.1) is 0 Å². The molecule has 1 aromatic heterocycles. The van der Waals surface area contributed by atoms with E-state index in [2.05, 4.69) is 14.8 Å². The van der Waals surface area contributed by atoms with Crippen LogP contribution in [0.25, 0.3) is 10.9 Å².